The standard InChI is InChI=1S/C23H33F3N2O3/c1-12(19(30)23(24,25)26)27-20(31)16-6-5-14-13-4-7-17-22(3,11-9-18(29)28-17)15(13)8-10-21(14,16)2/h12-17H,4-11H2,1-3H3,(H,27,31)(H,28,29)/t12?,13-,14-,15-,16+,17+,21-,22+/m0/s1. The van der Waals surface area contributed by atoms with Crippen molar-refractivity contribution in [2.24, 2.45) is 34.5 Å². The van der Waals surface area contributed by atoms with Gasteiger partial charge in [0, 0.05) is 18.4 Å². The third-order valence-corrected chi connectivity index (χ3v) is 9.44. The highest BCUT2D eigenvalue weighted by Gasteiger charge is 2.61. The van der Waals surface area contributed by atoms with E-state index < -0.39 is 23.9 Å². The molecule has 3 saturated carbocycles. The van der Waals surface area contributed by atoms with Crippen molar-refractivity contribution >= 4 is 17.6 Å². The van der Waals surface area contributed by atoms with Gasteiger partial charge in [-0.3, -0.25) is 14.4 Å². The molecule has 4 aliphatic rings. The van der Waals surface area contributed by atoms with Crippen LogP contribution in [-0.4, -0.2) is 35.9 Å². The molecule has 1 unspecified atom stereocenters. The summed E-state index contributed by atoms with van der Waals surface area (Å²) in [5, 5.41) is 5.57. The van der Waals surface area contributed by atoms with Gasteiger partial charge in [0.15, 0.2) is 0 Å². The average Bonchev–Trinajstić information content (AvgIpc) is 3.04. The number of nitrogens with one attached hydrogen (secondary N) is 2. The van der Waals surface area contributed by atoms with Crippen LogP contribution in [0.4, 0.5) is 13.2 Å². The SMILES string of the molecule is CC(NC(=O)[C@H]1CC[C@H]2[C@@H]3CC[C@H]4NC(=O)CC[C@]4(C)[C@H]3CC[C@]12C)C(=O)C(F)(F)F. The van der Waals surface area contributed by atoms with Gasteiger partial charge in [0.1, 0.15) is 0 Å². The van der Waals surface area contributed by atoms with Gasteiger partial charge in [-0.1, -0.05) is 13.8 Å². The summed E-state index contributed by atoms with van der Waals surface area (Å²) >= 11 is 0. The van der Waals surface area contributed by atoms with E-state index in [1.807, 2.05) is 0 Å². The molecule has 0 spiro atoms. The first-order chi connectivity index (χ1) is 14.4. The predicted octanol–water partition coefficient (Wildman–Crippen LogP) is 3.76. The first-order valence-electron chi connectivity index (χ1n) is 11.6. The van der Waals surface area contributed by atoms with Gasteiger partial charge in [0.25, 0.3) is 5.78 Å². The lowest BCUT2D eigenvalue weighted by molar-refractivity contribution is -0.173. The number of carbonyl (C=O) groups is 3. The molecule has 5 nitrogen and oxygen atoms in total. The van der Waals surface area contributed by atoms with E-state index in [0.717, 1.165) is 45.4 Å². The Bertz CT molecular complexity index is 785. The predicted molar refractivity (Wildman–Crippen MR) is 108 cm³/mol. The van der Waals surface area contributed by atoms with E-state index >= 15 is 0 Å². The first kappa shape index (κ1) is 22.6. The molecule has 0 aromatic heterocycles. The Morgan fingerprint density at radius 2 is 1.71 bits per heavy atom. The van der Waals surface area contributed by atoms with Gasteiger partial charge in [-0.25, -0.2) is 0 Å². The largest absolute Gasteiger partial charge is 0.452 e. The van der Waals surface area contributed by atoms with Gasteiger partial charge in [-0.05, 0) is 80.5 Å². The maximum absolute atomic E-state index is 13.0. The summed E-state index contributed by atoms with van der Waals surface area (Å²) in [6.45, 7) is 5.54. The number of Topliss-reactive ketones (excluding diaryl/α,β-unsaturated/α-hetero) is 1. The lowest BCUT2D eigenvalue weighted by Gasteiger charge is -2.60. The fraction of sp³-hybridized carbons (Fsp3) is 0.870. The zero-order valence-electron chi connectivity index (χ0n) is 18.5. The highest BCUT2D eigenvalue weighted by atomic mass is 19.4. The minimum atomic E-state index is -4.95. The molecule has 0 aromatic rings. The van der Waals surface area contributed by atoms with Crippen LogP contribution in [0.15, 0.2) is 0 Å². The molecule has 1 saturated heterocycles. The van der Waals surface area contributed by atoms with E-state index in [2.05, 4.69) is 24.5 Å². The lowest BCUT2D eigenvalue weighted by atomic mass is 9.47. The zero-order chi connectivity index (χ0) is 22.8. The Hall–Kier alpha value is -1.60. The Kier molecular flexibility index (Phi) is 5.45. The van der Waals surface area contributed by atoms with Crippen molar-refractivity contribution in [1.29, 1.82) is 0 Å². The van der Waals surface area contributed by atoms with E-state index in [4.69, 9.17) is 0 Å². The van der Waals surface area contributed by atoms with Gasteiger partial charge < -0.3 is 10.6 Å². The van der Waals surface area contributed by atoms with E-state index in [1.165, 1.54) is 0 Å². The summed E-state index contributed by atoms with van der Waals surface area (Å²) in [6.07, 6.45) is 1.85. The van der Waals surface area contributed by atoms with Gasteiger partial charge in [-0.2, -0.15) is 13.2 Å². The Morgan fingerprint density at radius 3 is 2.39 bits per heavy atom. The van der Waals surface area contributed by atoms with Crippen LogP contribution in [-0.2, 0) is 14.4 Å². The van der Waals surface area contributed by atoms with Gasteiger partial charge in [0.05, 0.1) is 6.04 Å². The second-order valence-electron chi connectivity index (χ2n) is 10.8. The number of hydrogen-bond donors (Lipinski definition) is 2. The fourth-order valence-electron chi connectivity index (χ4n) is 7.76. The summed E-state index contributed by atoms with van der Waals surface area (Å²) < 4.78 is 38.2. The third-order valence-electron chi connectivity index (χ3n) is 9.44. The molecule has 0 aromatic carbocycles. The second kappa shape index (κ2) is 7.48. The van der Waals surface area contributed by atoms with Crippen LogP contribution < -0.4 is 10.6 Å². The second-order valence-corrected chi connectivity index (χ2v) is 10.8. The number of ketones is 1. The smallest absolute Gasteiger partial charge is 0.353 e. The summed E-state index contributed by atoms with van der Waals surface area (Å²) in [6, 6.07) is -1.35. The molecule has 2 amide bonds. The Labute approximate surface area is 181 Å². The Morgan fingerprint density at radius 1 is 1.03 bits per heavy atom. The number of amides is 2. The maximum atomic E-state index is 13.0. The van der Waals surface area contributed by atoms with Gasteiger partial charge in [-0.15, -0.1) is 0 Å². The highest BCUT2D eigenvalue weighted by molar-refractivity contribution is 5.93. The van der Waals surface area contributed by atoms with Crippen LogP contribution >= 0.6 is 0 Å². The van der Waals surface area contributed by atoms with Crippen LogP contribution in [0.3, 0.4) is 0 Å². The molecule has 3 aliphatic carbocycles. The third kappa shape index (κ3) is 3.58. The van der Waals surface area contributed by atoms with Crippen LogP contribution in [0.1, 0.15) is 72.1 Å². The number of carbonyl (C=O) groups excluding carboxylic acids is 3. The minimum absolute atomic E-state index is 0.0755. The molecule has 8 atom stereocenters. The fourth-order valence-corrected chi connectivity index (χ4v) is 7.76. The topological polar surface area (TPSA) is 75.3 Å². The average molecular weight is 443 g/mol. The first-order valence-corrected chi connectivity index (χ1v) is 11.6. The van der Waals surface area contributed by atoms with Crippen LogP contribution in [0.5, 0.6) is 0 Å². The van der Waals surface area contributed by atoms with E-state index in [9.17, 15) is 27.6 Å². The summed E-state index contributed by atoms with van der Waals surface area (Å²) in [5.74, 6) is -1.22. The zero-order valence-corrected chi connectivity index (χ0v) is 18.5. The van der Waals surface area contributed by atoms with Crippen molar-refractivity contribution < 1.29 is 27.6 Å². The Balaban J connectivity index is 1.49. The van der Waals surface area contributed by atoms with Gasteiger partial charge >= 0.3 is 6.18 Å². The highest BCUT2D eigenvalue weighted by Crippen LogP contribution is 2.65. The number of halogens is 3. The molecule has 4 rings (SSSR count). The van der Waals surface area contributed by atoms with Crippen molar-refractivity contribution in [3.8, 4) is 0 Å². The van der Waals surface area contributed by atoms with E-state index in [0.29, 0.717) is 30.6 Å². The summed E-state index contributed by atoms with van der Waals surface area (Å²) in [7, 11) is 0. The molecule has 0 radical (unpaired) electrons. The number of rotatable bonds is 3. The maximum Gasteiger partial charge on any atom is 0.452 e. The van der Waals surface area contributed by atoms with Crippen molar-refractivity contribution in [3.63, 3.8) is 0 Å². The number of hydrogen-bond acceptors (Lipinski definition) is 3. The molecule has 1 aliphatic heterocycles. The van der Waals surface area contributed by atoms with Crippen LogP contribution in [0.2, 0.25) is 0 Å². The van der Waals surface area contributed by atoms with Crippen LogP contribution in [0.25, 0.3) is 0 Å². The molecule has 174 valence electrons. The normalized spacial score (nSPS) is 43.2. The monoisotopic (exact) mass is 442 g/mol. The van der Waals surface area contributed by atoms with Crippen molar-refractivity contribution in [1.82, 2.24) is 10.6 Å². The molecule has 4 fully saturated rings. The molecule has 1 heterocycles. The van der Waals surface area contributed by atoms with Crippen molar-refractivity contribution in [2.45, 2.75) is 90.4 Å². The van der Waals surface area contributed by atoms with Gasteiger partial charge in [0.2, 0.25) is 11.8 Å². The number of piperidine rings is 1. The summed E-state index contributed by atoms with van der Waals surface area (Å²) in [5.41, 5.74) is -0.181. The number of fused-ring (bicyclic) bond motifs is 5. The van der Waals surface area contributed by atoms with Crippen molar-refractivity contribution in [2.75, 3.05) is 0 Å². The van der Waals surface area contributed by atoms with E-state index in [1.54, 1.807) is 0 Å². The summed E-state index contributed by atoms with van der Waals surface area (Å²) in [4.78, 5) is 36.4. The number of alkyl halides is 3. The van der Waals surface area contributed by atoms with Crippen molar-refractivity contribution in [3.05, 3.63) is 0 Å². The molecule has 2 N–H and O–H groups in total. The molecular weight excluding hydrogens is 409 g/mol. The molecule has 8 heteroatoms. The molecule has 31 heavy (non-hydrogen) atoms. The minimum Gasteiger partial charge on any atom is -0.353 e. The van der Waals surface area contributed by atoms with E-state index in [-0.39, 0.29) is 28.7 Å². The lowest BCUT2D eigenvalue weighted by Crippen LogP contribution is -2.61. The van der Waals surface area contributed by atoms with Crippen LogP contribution in [0, 0.1) is 34.5 Å². The molecular formula is C23H33F3N2O3. The molecule has 0 bridgehead atoms. The quantitative estimate of drug-likeness (QED) is 0.699.